The number of hydrogen-bond donors (Lipinski definition) is 2. The fourth-order valence-electron chi connectivity index (χ4n) is 2.68. The molecule has 1 aromatic carbocycles. The summed E-state index contributed by atoms with van der Waals surface area (Å²) >= 11 is 1.50. The number of likely N-dealkylation sites (tertiary alicyclic amines) is 1. The number of aliphatic carboxylic acids is 1. The summed E-state index contributed by atoms with van der Waals surface area (Å²) in [5.41, 5.74) is 0.644. The normalized spacial score (nSPS) is 19.5. The van der Waals surface area contributed by atoms with E-state index in [1.54, 1.807) is 6.07 Å². The van der Waals surface area contributed by atoms with E-state index < -0.39 is 11.9 Å². The van der Waals surface area contributed by atoms with Crippen molar-refractivity contribution in [3.05, 3.63) is 12.1 Å². The summed E-state index contributed by atoms with van der Waals surface area (Å²) in [7, 11) is 0. The topological polar surface area (TPSA) is 88.1 Å². The molecule has 124 valence electrons. The van der Waals surface area contributed by atoms with Gasteiger partial charge in [0.2, 0.25) is 0 Å². The lowest BCUT2D eigenvalue weighted by molar-refractivity contribution is -0.141. The number of benzene rings is 1. The highest BCUT2D eigenvalue weighted by Crippen LogP contribution is 2.39. The van der Waals surface area contributed by atoms with Crippen LogP contribution in [0, 0.1) is 5.92 Å². The Morgan fingerprint density at radius 3 is 2.61 bits per heavy atom. The number of thioether (sulfide) groups is 1. The molecule has 2 aliphatic heterocycles. The Morgan fingerprint density at radius 2 is 2.00 bits per heavy atom. The largest absolute Gasteiger partial charge is 0.486 e. The smallest absolute Gasteiger partial charge is 0.321 e. The van der Waals surface area contributed by atoms with E-state index in [1.165, 1.54) is 16.7 Å². The highest BCUT2D eigenvalue weighted by atomic mass is 32.2. The van der Waals surface area contributed by atoms with Crippen LogP contribution >= 0.6 is 11.8 Å². The molecule has 1 atom stereocenters. The number of carboxylic acids is 1. The zero-order chi connectivity index (χ0) is 16.4. The number of urea groups is 1. The van der Waals surface area contributed by atoms with Crippen molar-refractivity contribution in [1.29, 1.82) is 0 Å². The van der Waals surface area contributed by atoms with Gasteiger partial charge in [0.15, 0.2) is 11.5 Å². The third-order valence-electron chi connectivity index (χ3n) is 3.93. The molecule has 0 radical (unpaired) electrons. The van der Waals surface area contributed by atoms with Crippen LogP contribution in [0.1, 0.15) is 6.42 Å². The van der Waals surface area contributed by atoms with E-state index in [2.05, 4.69) is 5.32 Å². The van der Waals surface area contributed by atoms with Gasteiger partial charge in [0.1, 0.15) is 13.2 Å². The van der Waals surface area contributed by atoms with Crippen LogP contribution in [0.2, 0.25) is 0 Å². The van der Waals surface area contributed by atoms with E-state index in [-0.39, 0.29) is 12.6 Å². The summed E-state index contributed by atoms with van der Waals surface area (Å²) in [6, 6.07) is 3.31. The van der Waals surface area contributed by atoms with Crippen LogP contribution in [-0.2, 0) is 4.79 Å². The number of fused-ring (bicyclic) bond motifs is 1. The van der Waals surface area contributed by atoms with Crippen LogP contribution in [0.4, 0.5) is 10.5 Å². The average molecular weight is 338 g/mol. The molecule has 8 heteroatoms. The van der Waals surface area contributed by atoms with Crippen molar-refractivity contribution in [1.82, 2.24) is 4.90 Å². The summed E-state index contributed by atoms with van der Waals surface area (Å²) in [6.45, 7) is 1.67. The van der Waals surface area contributed by atoms with Crippen molar-refractivity contribution in [3.8, 4) is 11.5 Å². The quantitative estimate of drug-likeness (QED) is 0.821. The number of nitrogens with one attached hydrogen (secondary N) is 1. The Hall–Kier alpha value is -2.09. The van der Waals surface area contributed by atoms with E-state index >= 15 is 0 Å². The molecule has 2 N–H and O–H groups in total. The predicted octanol–water partition coefficient (Wildman–Crippen LogP) is 2.12. The van der Waals surface area contributed by atoms with Crippen molar-refractivity contribution < 1.29 is 24.2 Å². The molecule has 1 saturated heterocycles. The average Bonchev–Trinajstić information content (AvgIpc) is 3.04. The first kappa shape index (κ1) is 15.8. The Morgan fingerprint density at radius 1 is 1.30 bits per heavy atom. The number of amides is 2. The number of carbonyl (C=O) groups excluding carboxylic acids is 1. The lowest BCUT2D eigenvalue weighted by Crippen LogP contribution is -2.34. The van der Waals surface area contributed by atoms with Gasteiger partial charge in [-0.2, -0.15) is 0 Å². The molecule has 1 fully saturated rings. The van der Waals surface area contributed by atoms with Gasteiger partial charge < -0.3 is 24.8 Å². The number of rotatable bonds is 3. The molecule has 0 aliphatic carbocycles. The predicted molar refractivity (Wildman–Crippen MR) is 85.5 cm³/mol. The fourth-order valence-corrected chi connectivity index (χ4v) is 3.23. The SMILES string of the molecule is CSc1cc2c(cc1NC(=O)N1CCC(C(=O)O)C1)OCCO2. The molecule has 0 spiro atoms. The van der Waals surface area contributed by atoms with Crippen molar-refractivity contribution in [2.45, 2.75) is 11.3 Å². The van der Waals surface area contributed by atoms with E-state index in [1.807, 2.05) is 12.3 Å². The molecule has 2 aliphatic rings. The number of carboxylic acid groups (broad SMARTS) is 1. The number of hydrogen-bond acceptors (Lipinski definition) is 5. The molecule has 3 rings (SSSR count). The molecule has 0 bridgehead atoms. The third kappa shape index (κ3) is 3.31. The second-order valence-corrected chi connectivity index (χ2v) is 6.24. The van der Waals surface area contributed by atoms with Crippen LogP contribution in [0.25, 0.3) is 0 Å². The fraction of sp³-hybridized carbons (Fsp3) is 0.467. The van der Waals surface area contributed by atoms with E-state index in [4.69, 9.17) is 14.6 Å². The maximum Gasteiger partial charge on any atom is 0.321 e. The van der Waals surface area contributed by atoms with Gasteiger partial charge in [0.25, 0.3) is 0 Å². The molecule has 0 aromatic heterocycles. The van der Waals surface area contributed by atoms with Gasteiger partial charge in [-0.05, 0) is 18.7 Å². The molecular formula is C15H18N2O5S. The summed E-state index contributed by atoms with van der Waals surface area (Å²) in [5.74, 6) is -0.0645. The number of ether oxygens (including phenoxy) is 2. The standard InChI is InChI=1S/C15H18N2O5S/c1-23-13-7-12-11(21-4-5-22-12)6-10(13)16-15(20)17-3-2-9(8-17)14(18)19/h6-7,9H,2-5,8H2,1H3,(H,16,20)(H,18,19). The first-order valence-electron chi connectivity index (χ1n) is 7.35. The molecule has 0 saturated carbocycles. The van der Waals surface area contributed by atoms with Gasteiger partial charge in [-0.3, -0.25) is 4.79 Å². The van der Waals surface area contributed by atoms with Crippen LogP contribution in [0.3, 0.4) is 0 Å². The van der Waals surface area contributed by atoms with Crippen molar-refractivity contribution in [3.63, 3.8) is 0 Å². The summed E-state index contributed by atoms with van der Waals surface area (Å²) in [4.78, 5) is 25.8. The maximum atomic E-state index is 12.4. The van der Waals surface area contributed by atoms with E-state index in [0.717, 1.165) is 4.90 Å². The third-order valence-corrected chi connectivity index (χ3v) is 4.71. The summed E-state index contributed by atoms with van der Waals surface area (Å²) < 4.78 is 11.1. The second-order valence-electron chi connectivity index (χ2n) is 5.40. The summed E-state index contributed by atoms with van der Waals surface area (Å²) in [5, 5.41) is 11.9. The first-order chi connectivity index (χ1) is 11.1. The number of anilines is 1. The first-order valence-corrected chi connectivity index (χ1v) is 8.57. The van der Waals surface area contributed by atoms with Crippen LogP contribution in [0.5, 0.6) is 11.5 Å². The molecule has 7 nitrogen and oxygen atoms in total. The highest BCUT2D eigenvalue weighted by Gasteiger charge is 2.31. The van der Waals surface area contributed by atoms with Crippen molar-refractivity contribution in [2.75, 3.05) is 37.9 Å². The number of carbonyl (C=O) groups is 2. The Balaban J connectivity index is 1.74. The Kier molecular flexibility index (Phi) is 4.51. The van der Waals surface area contributed by atoms with Gasteiger partial charge in [-0.25, -0.2) is 4.79 Å². The minimum atomic E-state index is -0.857. The highest BCUT2D eigenvalue weighted by molar-refractivity contribution is 7.98. The van der Waals surface area contributed by atoms with Gasteiger partial charge in [-0.15, -0.1) is 11.8 Å². The zero-order valence-corrected chi connectivity index (χ0v) is 13.5. The lowest BCUT2D eigenvalue weighted by Gasteiger charge is -2.22. The molecule has 1 aromatic rings. The van der Waals surface area contributed by atoms with Crippen LogP contribution < -0.4 is 14.8 Å². The minimum absolute atomic E-state index is 0.236. The van der Waals surface area contributed by atoms with Gasteiger partial charge >= 0.3 is 12.0 Å². The monoisotopic (exact) mass is 338 g/mol. The Bertz CT molecular complexity index is 637. The van der Waals surface area contributed by atoms with Crippen LogP contribution in [-0.4, -0.2) is 54.6 Å². The molecule has 1 unspecified atom stereocenters. The molecule has 2 heterocycles. The lowest BCUT2D eigenvalue weighted by atomic mass is 10.1. The Labute approximate surface area is 137 Å². The second kappa shape index (κ2) is 6.57. The van der Waals surface area contributed by atoms with Gasteiger partial charge in [0, 0.05) is 24.1 Å². The molecule has 2 amide bonds. The van der Waals surface area contributed by atoms with Crippen molar-refractivity contribution >= 4 is 29.4 Å². The number of nitrogens with zero attached hydrogens (tertiary/aromatic N) is 1. The minimum Gasteiger partial charge on any atom is -0.486 e. The summed E-state index contributed by atoms with van der Waals surface area (Å²) in [6.07, 6.45) is 2.40. The van der Waals surface area contributed by atoms with Crippen LogP contribution in [0.15, 0.2) is 17.0 Å². The maximum absolute atomic E-state index is 12.4. The van der Waals surface area contributed by atoms with Crippen molar-refractivity contribution in [2.24, 2.45) is 5.92 Å². The van der Waals surface area contributed by atoms with Gasteiger partial charge in [0.05, 0.1) is 11.6 Å². The van der Waals surface area contributed by atoms with E-state index in [9.17, 15) is 9.59 Å². The zero-order valence-electron chi connectivity index (χ0n) is 12.7. The van der Waals surface area contributed by atoms with Gasteiger partial charge in [-0.1, -0.05) is 0 Å². The molecule has 23 heavy (non-hydrogen) atoms. The molecular weight excluding hydrogens is 320 g/mol. The van der Waals surface area contributed by atoms with E-state index in [0.29, 0.717) is 43.4 Å².